The number of benzene rings is 1. The van der Waals surface area contributed by atoms with Gasteiger partial charge in [0.05, 0.1) is 24.4 Å². The number of hydrogen-bond donors (Lipinski definition) is 0. The van der Waals surface area contributed by atoms with Gasteiger partial charge < -0.3 is 4.74 Å². The van der Waals surface area contributed by atoms with Gasteiger partial charge in [-0.05, 0) is 12.5 Å². The van der Waals surface area contributed by atoms with Crippen molar-refractivity contribution in [3.05, 3.63) is 46.0 Å². The maximum absolute atomic E-state index is 13.9. The van der Waals surface area contributed by atoms with Crippen LogP contribution in [0.15, 0.2) is 18.2 Å². The van der Waals surface area contributed by atoms with E-state index in [2.05, 4.69) is 15.0 Å². The Morgan fingerprint density at radius 2 is 2.25 bits per heavy atom. The van der Waals surface area contributed by atoms with Crippen LogP contribution in [0.3, 0.4) is 0 Å². The van der Waals surface area contributed by atoms with Gasteiger partial charge in [-0.2, -0.15) is 0 Å². The van der Waals surface area contributed by atoms with Gasteiger partial charge in [0, 0.05) is 5.56 Å². The third-order valence-electron chi connectivity index (χ3n) is 2.90. The minimum Gasteiger partial charge on any atom is -0.464 e. The molecule has 0 aliphatic carbocycles. The molecule has 2 rings (SSSR count). The molecule has 0 spiro atoms. The number of esters is 1. The summed E-state index contributed by atoms with van der Waals surface area (Å²) in [5.41, 5.74) is 1.13. The van der Waals surface area contributed by atoms with E-state index in [1.54, 1.807) is 12.1 Å². The van der Waals surface area contributed by atoms with Gasteiger partial charge in [0.2, 0.25) is 0 Å². The first kappa shape index (κ1) is 14.5. The maximum atomic E-state index is 13.9. The largest absolute Gasteiger partial charge is 0.464 e. The van der Waals surface area contributed by atoms with E-state index >= 15 is 0 Å². The van der Waals surface area contributed by atoms with Crippen molar-refractivity contribution in [3.8, 4) is 0 Å². The highest BCUT2D eigenvalue weighted by molar-refractivity contribution is 6.30. The predicted octanol–water partition coefficient (Wildman–Crippen LogP) is 2.47. The number of aromatic nitrogens is 3. The van der Waals surface area contributed by atoms with E-state index in [-0.39, 0.29) is 17.3 Å². The Balaban J connectivity index is 2.37. The van der Waals surface area contributed by atoms with Gasteiger partial charge in [0.1, 0.15) is 5.82 Å². The van der Waals surface area contributed by atoms with E-state index in [0.717, 1.165) is 0 Å². The van der Waals surface area contributed by atoms with Crippen LogP contribution in [0.2, 0.25) is 5.02 Å². The average molecular weight is 298 g/mol. The molecule has 0 bridgehead atoms. The SMILES string of the molecule is CCc1c(C(=O)OC)nnn1Cc1cccc(Cl)c1F. The molecule has 0 radical (unpaired) electrons. The Bertz CT molecular complexity index is 643. The van der Waals surface area contributed by atoms with Crippen LogP contribution in [-0.2, 0) is 17.7 Å². The molecular formula is C13H13ClFN3O2. The van der Waals surface area contributed by atoms with Crippen LogP contribution in [-0.4, -0.2) is 28.1 Å². The van der Waals surface area contributed by atoms with Gasteiger partial charge in [-0.15, -0.1) is 5.10 Å². The zero-order valence-electron chi connectivity index (χ0n) is 11.1. The Morgan fingerprint density at radius 1 is 1.50 bits per heavy atom. The highest BCUT2D eigenvalue weighted by atomic mass is 35.5. The van der Waals surface area contributed by atoms with Crippen molar-refractivity contribution >= 4 is 17.6 Å². The molecule has 0 unspecified atom stereocenters. The standard InChI is InChI=1S/C13H13ClFN3O2/c1-3-10-12(13(19)20-2)16-17-18(10)7-8-5-4-6-9(14)11(8)15/h4-6H,3,7H2,1-2H3. The second kappa shape index (κ2) is 6.00. The fourth-order valence-corrected chi connectivity index (χ4v) is 2.09. The summed E-state index contributed by atoms with van der Waals surface area (Å²) in [6.45, 7) is 2.01. The quantitative estimate of drug-likeness (QED) is 0.814. The summed E-state index contributed by atoms with van der Waals surface area (Å²) in [6.07, 6.45) is 0.527. The summed E-state index contributed by atoms with van der Waals surface area (Å²) >= 11 is 5.74. The number of halogens is 2. The topological polar surface area (TPSA) is 57.0 Å². The number of carbonyl (C=O) groups excluding carboxylic acids is 1. The lowest BCUT2D eigenvalue weighted by Crippen LogP contribution is -2.10. The van der Waals surface area contributed by atoms with Crippen LogP contribution in [0.5, 0.6) is 0 Å². The number of ether oxygens (including phenoxy) is 1. The third kappa shape index (κ3) is 2.65. The zero-order chi connectivity index (χ0) is 14.7. The molecule has 0 saturated heterocycles. The Kier molecular flexibility index (Phi) is 4.34. The molecule has 20 heavy (non-hydrogen) atoms. The summed E-state index contributed by atoms with van der Waals surface area (Å²) in [7, 11) is 1.28. The average Bonchev–Trinajstić information content (AvgIpc) is 2.85. The lowest BCUT2D eigenvalue weighted by atomic mass is 10.2. The van der Waals surface area contributed by atoms with Gasteiger partial charge in [-0.25, -0.2) is 13.9 Å². The van der Waals surface area contributed by atoms with E-state index in [9.17, 15) is 9.18 Å². The third-order valence-corrected chi connectivity index (χ3v) is 3.19. The summed E-state index contributed by atoms with van der Waals surface area (Å²) in [4.78, 5) is 11.5. The summed E-state index contributed by atoms with van der Waals surface area (Å²) < 4.78 is 20.0. The highest BCUT2D eigenvalue weighted by Gasteiger charge is 2.19. The monoisotopic (exact) mass is 297 g/mol. The molecule has 0 fully saturated rings. The van der Waals surface area contributed by atoms with E-state index in [1.807, 2.05) is 6.92 Å². The van der Waals surface area contributed by atoms with Crippen molar-refractivity contribution in [2.45, 2.75) is 19.9 Å². The van der Waals surface area contributed by atoms with Gasteiger partial charge >= 0.3 is 5.97 Å². The van der Waals surface area contributed by atoms with Crippen LogP contribution in [0.25, 0.3) is 0 Å². The molecule has 0 aliphatic heterocycles. The minimum atomic E-state index is -0.556. The molecule has 1 aromatic carbocycles. The molecule has 2 aromatic rings. The van der Waals surface area contributed by atoms with Gasteiger partial charge in [-0.1, -0.05) is 35.9 Å². The van der Waals surface area contributed by atoms with Crippen molar-refractivity contribution < 1.29 is 13.9 Å². The second-order valence-corrected chi connectivity index (χ2v) is 4.51. The summed E-state index contributed by atoms with van der Waals surface area (Å²) in [6, 6.07) is 4.74. The Labute approximate surface area is 120 Å². The fourth-order valence-electron chi connectivity index (χ4n) is 1.90. The highest BCUT2D eigenvalue weighted by Crippen LogP contribution is 2.19. The Hall–Kier alpha value is -1.95. The van der Waals surface area contributed by atoms with E-state index in [4.69, 9.17) is 11.6 Å². The fraction of sp³-hybridized carbons (Fsp3) is 0.308. The van der Waals surface area contributed by atoms with Gasteiger partial charge in [0.15, 0.2) is 5.69 Å². The van der Waals surface area contributed by atoms with Crippen molar-refractivity contribution in [2.24, 2.45) is 0 Å². The van der Waals surface area contributed by atoms with Crippen molar-refractivity contribution in [3.63, 3.8) is 0 Å². The van der Waals surface area contributed by atoms with E-state index < -0.39 is 11.8 Å². The van der Waals surface area contributed by atoms with Crippen LogP contribution in [0.4, 0.5) is 4.39 Å². The molecular weight excluding hydrogens is 285 g/mol. The number of rotatable bonds is 4. The predicted molar refractivity (Wildman–Crippen MR) is 71.3 cm³/mol. The zero-order valence-corrected chi connectivity index (χ0v) is 11.8. The molecule has 1 aromatic heterocycles. The smallest absolute Gasteiger partial charge is 0.360 e. The van der Waals surface area contributed by atoms with E-state index in [1.165, 1.54) is 17.9 Å². The van der Waals surface area contributed by atoms with Crippen molar-refractivity contribution in [2.75, 3.05) is 7.11 Å². The summed E-state index contributed by atoms with van der Waals surface area (Å²) in [5, 5.41) is 7.72. The normalized spacial score (nSPS) is 10.6. The first-order valence-electron chi connectivity index (χ1n) is 6.02. The van der Waals surface area contributed by atoms with Gasteiger partial charge in [0.25, 0.3) is 0 Å². The first-order chi connectivity index (χ1) is 9.58. The molecule has 0 aliphatic rings. The molecule has 0 amide bonds. The number of nitrogens with zero attached hydrogens (tertiary/aromatic N) is 3. The van der Waals surface area contributed by atoms with E-state index in [0.29, 0.717) is 17.7 Å². The second-order valence-electron chi connectivity index (χ2n) is 4.10. The number of hydrogen-bond acceptors (Lipinski definition) is 4. The lowest BCUT2D eigenvalue weighted by Gasteiger charge is -2.07. The van der Waals surface area contributed by atoms with Crippen LogP contribution in [0, 0.1) is 5.82 Å². The Morgan fingerprint density at radius 3 is 2.90 bits per heavy atom. The van der Waals surface area contributed by atoms with Crippen LogP contribution < -0.4 is 0 Å². The molecule has 7 heteroatoms. The number of carbonyl (C=O) groups is 1. The molecule has 1 heterocycles. The van der Waals surface area contributed by atoms with Gasteiger partial charge in [-0.3, -0.25) is 0 Å². The molecule has 0 saturated carbocycles. The minimum absolute atomic E-state index is 0.0499. The molecule has 5 nitrogen and oxygen atoms in total. The van der Waals surface area contributed by atoms with Crippen LogP contribution in [0.1, 0.15) is 28.7 Å². The number of methoxy groups -OCH3 is 1. The van der Waals surface area contributed by atoms with Crippen molar-refractivity contribution in [1.82, 2.24) is 15.0 Å². The molecule has 0 atom stereocenters. The maximum Gasteiger partial charge on any atom is 0.360 e. The molecule has 0 N–H and O–H groups in total. The lowest BCUT2D eigenvalue weighted by molar-refractivity contribution is 0.0592. The molecule has 106 valence electrons. The van der Waals surface area contributed by atoms with Crippen LogP contribution >= 0.6 is 11.6 Å². The first-order valence-corrected chi connectivity index (χ1v) is 6.39. The van der Waals surface area contributed by atoms with Crippen molar-refractivity contribution in [1.29, 1.82) is 0 Å². The summed E-state index contributed by atoms with van der Waals surface area (Å²) in [5.74, 6) is -1.05.